The molecule has 0 bridgehead atoms. The molecule has 0 amide bonds. The van der Waals surface area contributed by atoms with E-state index in [1.54, 1.807) is 6.08 Å². The second-order valence-corrected chi connectivity index (χ2v) is 3.06. The molecule has 0 aromatic carbocycles. The zero-order valence-corrected chi connectivity index (χ0v) is 7.00. The van der Waals surface area contributed by atoms with Crippen LogP contribution in [0.2, 0.25) is 0 Å². The number of nitrogens with zero attached hydrogens (tertiary/aromatic N) is 2. The van der Waals surface area contributed by atoms with Crippen molar-refractivity contribution >= 4 is 11.8 Å². The molecular formula is C9H10N2O. The lowest BCUT2D eigenvalue weighted by atomic mass is 10.3. The Morgan fingerprint density at radius 3 is 3.17 bits per heavy atom. The van der Waals surface area contributed by atoms with Crippen molar-refractivity contribution in [3.05, 3.63) is 17.5 Å². The molecule has 1 aliphatic heterocycles. The minimum atomic E-state index is 0.778. The first-order chi connectivity index (χ1) is 5.83. The van der Waals surface area contributed by atoms with E-state index in [1.807, 2.05) is 13.0 Å². The van der Waals surface area contributed by atoms with E-state index in [1.165, 1.54) is 12.1 Å². The van der Waals surface area contributed by atoms with Gasteiger partial charge in [0.1, 0.15) is 0 Å². The van der Waals surface area contributed by atoms with Gasteiger partial charge >= 0.3 is 0 Å². The van der Waals surface area contributed by atoms with E-state index in [2.05, 4.69) is 9.56 Å². The van der Waals surface area contributed by atoms with Crippen molar-refractivity contribution in [1.29, 1.82) is 0 Å². The van der Waals surface area contributed by atoms with Crippen molar-refractivity contribution in [2.24, 2.45) is 4.99 Å². The molecule has 0 aliphatic carbocycles. The van der Waals surface area contributed by atoms with Crippen LogP contribution in [-0.4, -0.2) is 10.6 Å². The van der Waals surface area contributed by atoms with E-state index in [9.17, 15) is 4.79 Å². The highest BCUT2D eigenvalue weighted by molar-refractivity contribution is 5.54. The zero-order valence-electron chi connectivity index (χ0n) is 7.00. The van der Waals surface area contributed by atoms with E-state index in [4.69, 9.17) is 0 Å². The number of isocyanates is 1. The van der Waals surface area contributed by atoms with Gasteiger partial charge in [0.25, 0.3) is 0 Å². The predicted molar refractivity (Wildman–Crippen MR) is 45.3 cm³/mol. The van der Waals surface area contributed by atoms with Gasteiger partial charge in [0, 0.05) is 17.9 Å². The van der Waals surface area contributed by atoms with Crippen LogP contribution in [0.3, 0.4) is 0 Å². The fourth-order valence-corrected chi connectivity index (χ4v) is 1.79. The van der Waals surface area contributed by atoms with E-state index >= 15 is 0 Å². The number of rotatable bonds is 1. The van der Waals surface area contributed by atoms with Crippen LogP contribution < -0.4 is 0 Å². The molecular weight excluding hydrogens is 152 g/mol. The summed E-state index contributed by atoms with van der Waals surface area (Å²) in [5.41, 5.74) is 3.16. The van der Waals surface area contributed by atoms with E-state index in [0.29, 0.717) is 0 Å². The molecule has 1 aromatic rings. The molecule has 0 fully saturated rings. The smallest absolute Gasteiger partial charge is 0.240 e. The van der Waals surface area contributed by atoms with Gasteiger partial charge in [0.2, 0.25) is 6.08 Å². The Hall–Kier alpha value is -1.34. The summed E-state index contributed by atoms with van der Waals surface area (Å²) in [5.74, 6) is 0. The maximum atomic E-state index is 10.1. The van der Waals surface area contributed by atoms with Crippen molar-refractivity contribution in [3.8, 4) is 0 Å². The molecule has 0 saturated heterocycles. The molecule has 0 N–H and O–H groups in total. The molecule has 2 heterocycles. The predicted octanol–water partition coefficient (Wildman–Crippen LogP) is 1.71. The van der Waals surface area contributed by atoms with Crippen molar-refractivity contribution in [2.45, 2.75) is 26.3 Å². The van der Waals surface area contributed by atoms with Crippen LogP contribution in [0, 0.1) is 6.92 Å². The Labute approximate surface area is 70.7 Å². The van der Waals surface area contributed by atoms with Gasteiger partial charge in [-0.25, -0.2) is 4.79 Å². The van der Waals surface area contributed by atoms with E-state index < -0.39 is 0 Å². The molecule has 1 aliphatic rings. The Balaban J connectivity index is 2.54. The van der Waals surface area contributed by atoms with Crippen molar-refractivity contribution in [2.75, 3.05) is 0 Å². The molecule has 0 radical (unpaired) electrons. The highest BCUT2D eigenvalue weighted by Gasteiger charge is 2.15. The first-order valence-corrected chi connectivity index (χ1v) is 4.10. The van der Waals surface area contributed by atoms with Gasteiger partial charge in [-0.15, -0.1) is 0 Å². The van der Waals surface area contributed by atoms with Gasteiger partial charge < -0.3 is 4.57 Å². The number of aromatic nitrogens is 1. The standard InChI is InChI=1S/C9H10N2O/c1-7-9(10-6-12)5-8-3-2-4-11(7)8/h5H,2-4H2,1H3. The largest absolute Gasteiger partial charge is 0.347 e. The lowest BCUT2D eigenvalue weighted by Crippen LogP contribution is -1.93. The number of hydrogen-bond donors (Lipinski definition) is 0. The fourth-order valence-electron chi connectivity index (χ4n) is 1.79. The average Bonchev–Trinajstić information content (AvgIpc) is 2.58. The van der Waals surface area contributed by atoms with Gasteiger partial charge in [-0.2, -0.15) is 4.99 Å². The second kappa shape index (κ2) is 2.61. The molecule has 0 unspecified atom stereocenters. The molecule has 0 atom stereocenters. The lowest BCUT2D eigenvalue weighted by Gasteiger charge is -1.98. The SMILES string of the molecule is Cc1c(N=C=O)cc2n1CCC2. The summed E-state index contributed by atoms with van der Waals surface area (Å²) >= 11 is 0. The van der Waals surface area contributed by atoms with Crippen molar-refractivity contribution < 1.29 is 4.79 Å². The van der Waals surface area contributed by atoms with Crippen LogP contribution in [0.15, 0.2) is 11.1 Å². The first-order valence-electron chi connectivity index (χ1n) is 4.10. The molecule has 3 nitrogen and oxygen atoms in total. The molecule has 62 valence electrons. The maximum absolute atomic E-state index is 10.1. The van der Waals surface area contributed by atoms with E-state index in [0.717, 1.165) is 24.3 Å². The average molecular weight is 162 g/mol. The minimum absolute atomic E-state index is 0.778. The molecule has 0 spiro atoms. The minimum Gasteiger partial charge on any atom is -0.347 e. The number of aryl methyl sites for hydroxylation is 1. The fraction of sp³-hybridized carbons (Fsp3) is 0.444. The molecule has 2 rings (SSSR count). The summed E-state index contributed by atoms with van der Waals surface area (Å²) < 4.78 is 2.22. The van der Waals surface area contributed by atoms with Crippen LogP contribution >= 0.6 is 0 Å². The third-order valence-corrected chi connectivity index (χ3v) is 2.41. The van der Waals surface area contributed by atoms with Gasteiger partial charge in [-0.3, -0.25) is 0 Å². The Kier molecular flexibility index (Phi) is 1.59. The van der Waals surface area contributed by atoms with Gasteiger partial charge in [0.15, 0.2) is 0 Å². The number of aliphatic imine (C=N–C) groups is 1. The Morgan fingerprint density at radius 2 is 2.50 bits per heavy atom. The van der Waals surface area contributed by atoms with Crippen molar-refractivity contribution in [3.63, 3.8) is 0 Å². The Morgan fingerprint density at radius 1 is 1.67 bits per heavy atom. The summed E-state index contributed by atoms with van der Waals surface area (Å²) in [7, 11) is 0. The summed E-state index contributed by atoms with van der Waals surface area (Å²) in [6.45, 7) is 3.06. The summed E-state index contributed by atoms with van der Waals surface area (Å²) in [5, 5.41) is 0. The second-order valence-electron chi connectivity index (χ2n) is 3.06. The van der Waals surface area contributed by atoms with Gasteiger partial charge in [0.05, 0.1) is 5.69 Å². The van der Waals surface area contributed by atoms with Gasteiger partial charge in [-0.1, -0.05) is 0 Å². The van der Waals surface area contributed by atoms with Crippen LogP contribution in [-0.2, 0) is 17.8 Å². The van der Waals surface area contributed by atoms with Crippen molar-refractivity contribution in [1.82, 2.24) is 4.57 Å². The number of hydrogen-bond acceptors (Lipinski definition) is 2. The number of carbonyl (C=O) groups excluding carboxylic acids is 1. The highest BCUT2D eigenvalue weighted by Crippen LogP contribution is 2.28. The highest BCUT2D eigenvalue weighted by atomic mass is 16.1. The van der Waals surface area contributed by atoms with Crippen LogP contribution in [0.5, 0.6) is 0 Å². The topological polar surface area (TPSA) is 34.4 Å². The summed E-state index contributed by atoms with van der Waals surface area (Å²) in [6.07, 6.45) is 3.89. The Bertz CT molecular complexity index is 359. The van der Waals surface area contributed by atoms with Crippen LogP contribution in [0.25, 0.3) is 0 Å². The normalized spacial score (nSPS) is 14.1. The summed E-state index contributed by atoms with van der Waals surface area (Å²) in [4.78, 5) is 13.7. The monoisotopic (exact) mass is 162 g/mol. The maximum Gasteiger partial charge on any atom is 0.240 e. The molecule has 1 aromatic heterocycles. The first kappa shape index (κ1) is 7.32. The molecule has 3 heteroatoms. The van der Waals surface area contributed by atoms with Crippen LogP contribution in [0.4, 0.5) is 5.69 Å². The summed E-state index contributed by atoms with van der Waals surface area (Å²) in [6, 6.07) is 1.98. The molecule has 12 heavy (non-hydrogen) atoms. The van der Waals surface area contributed by atoms with E-state index in [-0.39, 0.29) is 0 Å². The van der Waals surface area contributed by atoms with Crippen LogP contribution in [0.1, 0.15) is 17.8 Å². The van der Waals surface area contributed by atoms with Gasteiger partial charge in [-0.05, 0) is 25.8 Å². The lowest BCUT2D eigenvalue weighted by molar-refractivity contribution is 0.565. The molecule has 0 saturated carbocycles. The zero-order chi connectivity index (χ0) is 8.55. The number of fused-ring (bicyclic) bond motifs is 1. The quantitative estimate of drug-likeness (QED) is 0.457. The third kappa shape index (κ3) is 0.908. The third-order valence-electron chi connectivity index (χ3n) is 2.41.